The van der Waals surface area contributed by atoms with Crippen molar-refractivity contribution in [3.05, 3.63) is 27.5 Å². The lowest BCUT2D eigenvalue weighted by Crippen LogP contribution is -2.20. The number of hydrogen-bond acceptors (Lipinski definition) is 3. The van der Waals surface area contributed by atoms with Crippen molar-refractivity contribution in [1.82, 2.24) is 4.57 Å². The van der Waals surface area contributed by atoms with Crippen LogP contribution in [0.1, 0.15) is 50.2 Å². The van der Waals surface area contributed by atoms with Crippen LogP contribution in [0.2, 0.25) is 0 Å². The molecule has 0 saturated carbocycles. The zero-order valence-electron chi connectivity index (χ0n) is 11.1. The number of nitriles is 1. The summed E-state index contributed by atoms with van der Waals surface area (Å²) in [4.78, 5) is 11.7. The van der Waals surface area contributed by atoms with Gasteiger partial charge in [0.15, 0.2) is 0 Å². The van der Waals surface area contributed by atoms with E-state index in [1.807, 2.05) is 6.07 Å². The van der Waals surface area contributed by atoms with Gasteiger partial charge in [0, 0.05) is 12.6 Å². The average Bonchev–Trinajstić information content (AvgIpc) is 2.32. The molecule has 0 aliphatic heterocycles. The number of rotatable bonds is 6. The SMILES string of the molecule is CCCCCCCn1c(O)c(C#N)c(C)cc1=O. The van der Waals surface area contributed by atoms with Crippen LogP contribution >= 0.6 is 0 Å². The molecule has 1 heterocycles. The lowest BCUT2D eigenvalue weighted by molar-refractivity contribution is 0.396. The minimum Gasteiger partial charge on any atom is -0.493 e. The molecule has 1 aromatic rings. The summed E-state index contributed by atoms with van der Waals surface area (Å²) in [7, 11) is 0. The highest BCUT2D eigenvalue weighted by Crippen LogP contribution is 2.18. The molecule has 1 N–H and O–H groups in total. The van der Waals surface area contributed by atoms with Gasteiger partial charge in [-0.25, -0.2) is 0 Å². The molecule has 4 heteroatoms. The molecular weight excluding hydrogens is 228 g/mol. The first-order valence-electron chi connectivity index (χ1n) is 6.45. The van der Waals surface area contributed by atoms with E-state index in [2.05, 4.69) is 6.92 Å². The van der Waals surface area contributed by atoms with Gasteiger partial charge in [0.1, 0.15) is 11.6 Å². The Morgan fingerprint density at radius 1 is 1.33 bits per heavy atom. The quantitative estimate of drug-likeness (QED) is 0.787. The zero-order chi connectivity index (χ0) is 13.5. The fourth-order valence-corrected chi connectivity index (χ4v) is 1.98. The Balaban J connectivity index is 2.78. The van der Waals surface area contributed by atoms with E-state index in [0.29, 0.717) is 12.1 Å². The molecule has 98 valence electrons. The number of unbranched alkanes of at least 4 members (excludes halogenated alkanes) is 4. The standard InChI is InChI=1S/C14H20N2O2/c1-3-4-5-6-7-8-16-13(17)9-11(2)12(10-15)14(16)18/h9,18H,3-8H2,1-2H3. The molecule has 1 aromatic heterocycles. The van der Waals surface area contributed by atoms with Gasteiger partial charge in [-0.3, -0.25) is 9.36 Å². The van der Waals surface area contributed by atoms with Crippen LogP contribution in [0.5, 0.6) is 5.88 Å². The summed E-state index contributed by atoms with van der Waals surface area (Å²) in [5.74, 6) is -0.196. The third-order valence-corrected chi connectivity index (χ3v) is 3.08. The van der Waals surface area contributed by atoms with Crippen molar-refractivity contribution in [2.45, 2.75) is 52.5 Å². The number of aryl methyl sites for hydroxylation is 1. The van der Waals surface area contributed by atoms with Crippen LogP contribution in [0, 0.1) is 18.3 Å². The number of nitrogens with zero attached hydrogens (tertiary/aromatic N) is 2. The predicted octanol–water partition coefficient (Wildman–Crippen LogP) is 2.70. The largest absolute Gasteiger partial charge is 0.493 e. The van der Waals surface area contributed by atoms with Gasteiger partial charge in [0.2, 0.25) is 5.88 Å². The first-order valence-corrected chi connectivity index (χ1v) is 6.45. The van der Waals surface area contributed by atoms with E-state index in [4.69, 9.17) is 5.26 Å². The molecule has 18 heavy (non-hydrogen) atoms. The predicted molar refractivity (Wildman–Crippen MR) is 70.6 cm³/mol. The average molecular weight is 248 g/mol. The van der Waals surface area contributed by atoms with E-state index in [9.17, 15) is 9.90 Å². The second-order valence-corrected chi connectivity index (χ2v) is 4.54. The van der Waals surface area contributed by atoms with Gasteiger partial charge >= 0.3 is 0 Å². The molecule has 0 radical (unpaired) electrons. The van der Waals surface area contributed by atoms with Crippen molar-refractivity contribution < 1.29 is 5.11 Å². The highest BCUT2D eigenvalue weighted by Gasteiger charge is 2.11. The molecule has 1 rings (SSSR count). The summed E-state index contributed by atoms with van der Waals surface area (Å²) >= 11 is 0. The highest BCUT2D eigenvalue weighted by molar-refractivity contribution is 5.43. The molecule has 0 aromatic carbocycles. The van der Waals surface area contributed by atoms with Gasteiger partial charge in [-0.2, -0.15) is 5.26 Å². The number of hydrogen-bond donors (Lipinski definition) is 1. The van der Waals surface area contributed by atoms with Crippen LogP contribution in [-0.4, -0.2) is 9.67 Å². The molecule has 0 amide bonds. The molecule has 0 aliphatic rings. The van der Waals surface area contributed by atoms with Crippen molar-refractivity contribution in [3.8, 4) is 11.9 Å². The van der Waals surface area contributed by atoms with Crippen LogP contribution in [-0.2, 0) is 6.54 Å². The molecule has 0 saturated heterocycles. The van der Waals surface area contributed by atoms with E-state index in [1.54, 1.807) is 6.92 Å². The Morgan fingerprint density at radius 3 is 2.61 bits per heavy atom. The summed E-state index contributed by atoms with van der Waals surface area (Å²) < 4.78 is 1.29. The van der Waals surface area contributed by atoms with Crippen molar-refractivity contribution in [2.75, 3.05) is 0 Å². The second-order valence-electron chi connectivity index (χ2n) is 4.54. The first kappa shape index (κ1) is 14.3. The third-order valence-electron chi connectivity index (χ3n) is 3.08. The number of aromatic nitrogens is 1. The van der Waals surface area contributed by atoms with Gasteiger partial charge in [-0.15, -0.1) is 0 Å². The normalized spacial score (nSPS) is 10.3. The van der Waals surface area contributed by atoms with Crippen LogP contribution in [0.15, 0.2) is 10.9 Å². The smallest absolute Gasteiger partial charge is 0.253 e. The molecule has 0 fully saturated rings. The third kappa shape index (κ3) is 3.36. The lowest BCUT2D eigenvalue weighted by atomic mass is 10.1. The molecular formula is C14H20N2O2. The topological polar surface area (TPSA) is 66.0 Å². The maximum atomic E-state index is 11.7. The second kappa shape index (κ2) is 6.85. The molecule has 0 unspecified atom stereocenters. The molecule has 4 nitrogen and oxygen atoms in total. The Bertz CT molecular complexity index is 498. The summed E-state index contributed by atoms with van der Waals surface area (Å²) in [6, 6.07) is 3.34. The number of pyridine rings is 1. The number of aromatic hydroxyl groups is 1. The first-order chi connectivity index (χ1) is 8.61. The minimum absolute atomic E-state index is 0.196. The van der Waals surface area contributed by atoms with Crippen molar-refractivity contribution in [1.29, 1.82) is 5.26 Å². The maximum Gasteiger partial charge on any atom is 0.253 e. The van der Waals surface area contributed by atoms with E-state index in [0.717, 1.165) is 19.3 Å². The van der Waals surface area contributed by atoms with E-state index in [-0.39, 0.29) is 17.0 Å². The van der Waals surface area contributed by atoms with Crippen LogP contribution in [0.4, 0.5) is 0 Å². The van der Waals surface area contributed by atoms with E-state index < -0.39 is 0 Å². The fraction of sp³-hybridized carbons (Fsp3) is 0.571. The Hall–Kier alpha value is -1.76. The summed E-state index contributed by atoms with van der Waals surface area (Å²) in [5.41, 5.74) is 0.491. The van der Waals surface area contributed by atoms with Gasteiger partial charge in [0.25, 0.3) is 5.56 Å². The van der Waals surface area contributed by atoms with Crippen molar-refractivity contribution in [3.63, 3.8) is 0 Å². The summed E-state index contributed by atoms with van der Waals surface area (Å²) in [6.07, 6.45) is 5.40. The highest BCUT2D eigenvalue weighted by atomic mass is 16.3. The van der Waals surface area contributed by atoms with Crippen molar-refractivity contribution >= 4 is 0 Å². The lowest BCUT2D eigenvalue weighted by Gasteiger charge is -2.10. The monoisotopic (exact) mass is 248 g/mol. The minimum atomic E-state index is -0.237. The van der Waals surface area contributed by atoms with E-state index >= 15 is 0 Å². The van der Waals surface area contributed by atoms with E-state index in [1.165, 1.54) is 23.5 Å². The Kier molecular flexibility index (Phi) is 5.44. The van der Waals surface area contributed by atoms with Gasteiger partial charge in [-0.05, 0) is 18.9 Å². The maximum absolute atomic E-state index is 11.7. The molecule has 0 atom stereocenters. The van der Waals surface area contributed by atoms with Crippen LogP contribution in [0.3, 0.4) is 0 Å². The van der Waals surface area contributed by atoms with Crippen molar-refractivity contribution in [2.24, 2.45) is 0 Å². The summed E-state index contributed by atoms with van der Waals surface area (Å²) in [6.45, 7) is 4.28. The van der Waals surface area contributed by atoms with Gasteiger partial charge in [-0.1, -0.05) is 32.6 Å². The van der Waals surface area contributed by atoms with Crippen LogP contribution < -0.4 is 5.56 Å². The molecule has 0 aliphatic carbocycles. The fourth-order valence-electron chi connectivity index (χ4n) is 1.98. The molecule has 0 bridgehead atoms. The van der Waals surface area contributed by atoms with Gasteiger partial charge in [0.05, 0.1) is 0 Å². The van der Waals surface area contributed by atoms with Gasteiger partial charge < -0.3 is 5.11 Å². The Labute approximate surface area is 107 Å². The molecule has 0 spiro atoms. The summed E-state index contributed by atoms with van der Waals surface area (Å²) in [5, 5.41) is 18.8. The van der Waals surface area contributed by atoms with Crippen LogP contribution in [0.25, 0.3) is 0 Å². The Morgan fingerprint density at radius 2 is 2.00 bits per heavy atom. The zero-order valence-corrected chi connectivity index (χ0v) is 11.1.